The van der Waals surface area contributed by atoms with E-state index in [0.717, 1.165) is 11.4 Å². The van der Waals surface area contributed by atoms with Gasteiger partial charge in [-0.05, 0) is 50.6 Å². The predicted molar refractivity (Wildman–Crippen MR) is 133 cm³/mol. The van der Waals surface area contributed by atoms with E-state index >= 15 is 0 Å². The van der Waals surface area contributed by atoms with Crippen LogP contribution in [-0.2, 0) is 29.5 Å². The molecular weight excluding hydrogens is 468 g/mol. The molecule has 0 aromatic heterocycles. The molecule has 1 aromatic carbocycles. The van der Waals surface area contributed by atoms with Gasteiger partial charge in [-0.25, -0.2) is 0 Å². The molecular formula is C25H36N2O7Si. The Morgan fingerprint density at radius 1 is 1.29 bits per heavy atom. The minimum absolute atomic E-state index is 0.0447. The predicted octanol–water partition coefficient (Wildman–Crippen LogP) is 2.29. The highest BCUT2D eigenvalue weighted by Crippen LogP contribution is 2.60. The first-order valence-corrected chi connectivity index (χ1v) is 15.4. The van der Waals surface area contributed by atoms with Crippen LogP contribution in [0.1, 0.15) is 44.6 Å². The van der Waals surface area contributed by atoms with Gasteiger partial charge in [0.1, 0.15) is 0 Å². The summed E-state index contributed by atoms with van der Waals surface area (Å²) in [6, 6.07) is 5.62. The second-order valence-electron chi connectivity index (χ2n) is 10.4. The first-order chi connectivity index (χ1) is 16.6. The summed E-state index contributed by atoms with van der Waals surface area (Å²) in [5.41, 5.74) is 0.638. The summed E-state index contributed by atoms with van der Waals surface area (Å²) in [7, 11) is -1.41. The molecule has 2 amide bonds. The van der Waals surface area contributed by atoms with Gasteiger partial charge in [-0.2, -0.15) is 0 Å². The van der Waals surface area contributed by atoms with Crippen LogP contribution >= 0.6 is 0 Å². The molecule has 3 heterocycles. The van der Waals surface area contributed by atoms with E-state index in [9.17, 15) is 24.3 Å². The van der Waals surface area contributed by atoms with Gasteiger partial charge in [0.25, 0.3) is 5.91 Å². The number of ether oxygens (including phenoxy) is 2. The van der Waals surface area contributed by atoms with Gasteiger partial charge in [0.05, 0.1) is 18.9 Å². The van der Waals surface area contributed by atoms with E-state index in [0.29, 0.717) is 44.3 Å². The minimum Gasteiger partial charge on any atom is -0.469 e. The number of carbonyl (C=O) groups excluding carboxylic acids is 3. The van der Waals surface area contributed by atoms with Crippen LogP contribution in [0.4, 0.5) is 11.4 Å². The molecule has 4 atom stereocenters. The smallest absolute Gasteiger partial charge is 0.305 e. The number of unbranched alkanes of at least 4 members (excludes halogenated alkanes) is 1. The minimum atomic E-state index is -2.77. The fraction of sp³-hybridized carbons (Fsp3) is 0.640. The number of nitrogens with zero attached hydrogens (tertiary/aromatic N) is 2. The zero-order valence-electron chi connectivity index (χ0n) is 21.0. The number of rotatable bonds is 9. The van der Waals surface area contributed by atoms with Gasteiger partial charge in [0.2, 0.25) is 5.91 Å². The largest absolute Gasteiger partial charge is 0.469 e. The van der Waals surface area contributed by atoms with E-state index in [2.05, 4.69) is 0 Å². The van der Waals surface area contributed by atoms with Gasteiger partial charge in [-0.1, -0.05) is 6.92 Å². The number of benzene rings is 1. The Labute approximate surface area is 207 Å². The van der Waals surface area contributed by atoms with E-state index in [4.69, 9.17) is 9.47 Å². The maximum Gasteiger partial charge on any atom is 0.305 e. The highest BCUT2D eigenvalue weighted by atomic mass is 28.4. The van der Waals surface area contributed by atoms with Gasteiger partial charge < -0.3 is 29.2 Å². The lowest BCUT2D eigenvalue weighted by Gasteiger charge is -2.33. The number of β-lactam (4-membered cyclic amide) rings is 1. The number of methoxy groups -OCH3 is 1. The Morgan fingerprint density at radius 3 is 2.60 bits per heavy atom. The third-order valence-electron chi connectivity index (χ3n) is 7.78. The highest BCUT2D eigenvalue weighted by Gasteiger charge is 2.66. The van der Waals surface area contributed by atoms with Crippen molar-refractivity contribution in [3.8, 4) is 0 Å². The van der Waals surface area contributed by atoms with Gasteiger partial charge in [-0.15, -0.1) is 0 Å². The van der Waals surface area contributed by atoms with Crippen molar-refractivity contribution in [1.29, 1.82) is 0 Å². The zero-order chi connectivity index (χ0) is 25.5. The second kappa shape index (κ2) is 9.65. The van der Waals surface area contributed by atoms with E-state index in [1.165, 1.54) is 7.11 Å². The molecule has 10 heteroatoms. The number of aliphatic hydroxyl groups is 1. The lowest BCUT2D eigenvalue weighted by atomic mass is 9.82. The number of anilines is 2. The molecule has 2 N–H and O–H groups in total. The first-order valence-electron chi connectivity index (χ1n) is 12.4. The molecule has 35 heavy (non-hydrogen) atoms. The van der Waals surface area contributed by atoms with Gasteiger partial charge in [0.15, 0.2) is 13.9 Å². The number of hydrogen-bond acceptors (Lipinski definition) is 7. The lowest BCUT2D eigenvalue weighted by molar-refractivity contribution is -0.146. The third kappa shape index (κ3) is 4.30. The molecule has 2 saturated heterocycles. The van der Waals surface area contributed by atoms with Crippen molar-refractivity contribution in [1.82, 2.24) is 0 Å². The molecule has 9 nitrogen and oxygen atoms in total. The van der Waals surface area contributed by atoms with Crippen molar-refractivity contribution in [2.24, 2.45) is 5.92 Å². The number of esters is 1. The summed E-state index contributed by atoms with van der Waals surface area (Å²) in [5.74, 6) is -0.743. The van der Waals surface area contributed by atoms with Crippen LogP contribution in [0, 0.1) is 5.92 Å². The molecule has 0 bridgehead atoms. The summed E-state index contributed by atoms with van der Waals surface area (Å²) in [6.07, 6.45) is 1.87. The topological polar surface area (TPSA) is 117 Å². The molecule has 0 aliphatic carbocycles. The van der Waals surface area contributed by atoms with Crippen LogP contribution in [0.15, 0.2) is 18.2 Å². The number of carbonyl (C=O) groups is 3. The summed E-state index contributed by atoms with van der Waals surface area (Å²) < 4.78 is 11.3. The Balaban J connectivity index is 1.73. The van der Waals surface area contributed by atoms with Crippen LogP contribution in [0.25, 0.3) is 0 Å². The number of fused-ring (bicyclic) bond motifs is 2. The highest BCUT2D eigenvalue weighted by molar-refractivity contribution is 6.71. The van der Waals surface area contributed by atoms with Crippen LogP contribution in [0.3, 0.4) is 0 Å². The fourth-order valence-corrected chi connectivity index (χ4v) is 8.68. The number of amides is 2. The summed E-state index contributed by atoms with van der Waals surface area (Å²) in [6.45, 7) is 6.60. The first kappa shape index (κ1) is 25.8. The average molecular weight is 505 g/mol. The van der Waals surface area contributed by atoms with Crippen molar-refractivity contribution < 1.29 is 33.8 Å². The third-order valence-corrected chi connectivity index (χ3v) is 10.3. The molecule has 0 radical (unpaired) electrons. The maximum atomic E-state index is 14.1. The lowest BCUT2D eigenvalue weighted by Crippen LogP contribution is -2.46. The van der Waals surface area contributed by atoms with Gasteiger partial charge in [-0.3, -0.25) is 14.4 Å². The molecule has 192 valence electrons. The van der Waals surface area contributed by atoms with Crippen molar-refractivity contribution in [3.05, 3.63) is 23.8 Å². The number of hydrogen-bond donors (Lipinski definition) is 2. The maximum absolute atomic E-state index is 14.1. The Morgan fingerprint density at radius 2 is 2.03 bits per heavy atom. The Hall–Kier alpha value is -2.27. The van der Waals surface area contributed by atoms with Crippen LogP contribution in [-0.4, -0.2) is 68.9 Å². The molecule has 3 aliphatic rings. The standard InChI is InChI=1S/C25H36N2O7Si/c1-16-23(35(3,4)32)20(11-14-28)34-25(16)18-15-17(26-13-10-21(26)29)8-9-19(18)27(24(25)31)12-6-5-7-22(30)33-2/h8-9,15-16,20,23,28,32H,5-7,10-14H2,1-4H3/t16-,20+,23-,25+/m0/s1. The van der Waals surface area contributed by atoms with Crippen molar-refractivity contribution in [3.63, 3.8) is 0 Å². The Kier molecular flexibility index (Phi) is 7.11. The van der Waals surface area contributed by atoms with E-state index in [1.807, 2.05) is 38.2 Å². The number of aliphatic hydroxyl groups excluding tert-OH is 1. The summed E-state index contributed by atoms with van der Waals surface area (Å²) in [5, 5.41) is 9.71. The van der Waals surface area contributed by atoms with Gasteiger partial charge in [0, 0.05) is 55.2 Å². The fourth-order valence-electron chi connectivity index (χ4n) is 6.08. The Bertz CT molecular complexity index is 1010. The average Bonchev–Trinajstić information content (AvgIpc) is 3.22. The van der Waals surface area contributed by atoms with Gasteiger partial charge >= 0.3 is 5.97 Å². The van der Waals surface area contributed by atoms with Crippen LogP contribution in [0.5, 0.6) is 0 Å². The quantitative estimate of drug-likeness (QED) is 0.229. The van der Waals surface area contributed by atoms with Crippen molar-refractivity contribution >= 4 is 37.5 Å². The second-order valence-corrected chi connectivity index (χ2v) is 14.3. The molecule has 0 saturated carbocycles. The van der Waals surface area contributed by atoms with E-state index in [1.54, 1.807) is 9.80 Å². The normalized spacial score (nSPS) is 28.0. The summed E-state index contributed by atoms with van der Waals surface area (Å²) in [4.78, 5) is 52.4. The molecule has 1 aromatic rings. The van der Waals surface area contributed by atoms with Crippen LogP contribution in [0.2, 0.25) is 18.6 Å². The van der Waals surface area contributed by atoms with Crippen molar-refractivity contribution in [2.75, 3.05) is 36.6 Å². The molecule has 3 aliphatic heterocycles. The zero-order valence-corrected chi connectivity index (χ0v) is 22.0. The van der Waals surface area contributed by atoms with Crippen molar-refractivity contribution in [2.45, 2.75) is 69.4 Å². The molecule has 0 unspecified atom stereocenters. The van der Waals surface area contributed by atoms with Crippen LogP contribution < -0.4 is 9.80 Å². The molecule has 1 spiro atoms. The molecule has 2 fully saturated rings. The SMILES string of the molecule is COC(=O)CCCCN1C(=O)[C@]2(O[C@H](CCO)[C@@H]([Si](C)(C)O)[C@@H]2C)c2cc(N3CCC3=O)ccc21. The monoisotopic (exact) mass is 504 g/mol. The molecule has 4 rings (SSSR count). The van der Waals surface area contributed by atoms with E-state index < -0.39 is 20.0 Å². The van der Waals surface area contributed by atoms with E-state index in [-0.39, 0.29) is 42.3 Å². The summed E-state index contributed by atoms with van der Waals surface area (Å²) >= 11 is 0.